The van der Waals surface area contributed by atoms with Gasteiger partial charge in [0.05, 0.1) is 15.7 Å². The molecule has 1 amide bonds. The Kier molecular flexibility index (Phi) is 4.49. The minimum atomic E-state index is -0.527. The van der Waals surface area contributed by atoms with Crippen LogP contribution in [-0.4, -0.2) is 12.5 Å². The van der Waals surface area contributed by atoms with Gasteiger partial charge in [0.2, 0.25) is 0 Å². The zero-order valence-corrected chi connectivity index (χ0v) is 12.3. The molecule has 0 unspecified atom stereocenters. The normalized spacial score (nSPS) is 10.4. The van der Waals surface area contributed by atoms with Crippen LogP contribution >= 0.6 is 15.9 Å². The van der Waals surface area contributed by atoms with Crippen molar-refractivity contribution in [1.29, 1.82) is 0 Å². The fraction of sp³-hybridized carbons (Fsp3) is 0.133. The standard InChI is InChI=1S/C15H12BrF2NO/c1-2-19(13-9-4-3-7-11(13)17)15(20)10-6-5-8-12(18)14(10)16/h3-9H,2H2,1H3. The van der Waals surface area contributed by atoms with Crippen molar-refractivity contribution in [2.24, 2.45) is 0 Å². The Hall–Kier alpha value is -1.75. The van der Waals surface area contributed by atoms with E-state index in [0.29, 0.717) is 0 Å². The quantitative estimate of drug-likeness (QED) is 0.811. The van der Waals surface area contributed by atoms with Crippen LogP contribution in [0.2, 0.25) is 0 Å². The molecule has 0 saturated heterocycles. The van der Waals surface area contributed by atoms with E-state index in [0.717, 1.165) is 0 Å². The molecule has 2 nitrogen and oxygen atoms in total. The molecule has 0 heterocycles. The number of rotatable bonds is 3. The Morgan fingerprint density at radius 2 is 1.75 bits per heavy atom. The molecule has 2 aromatic carbocycles. The Bertz CT molecular complexity index is 646. The van der Waals surface area contributed by atoms with E-state index in [-0.39, 0.29) is 22.3 Å². The first kappa shape index (κ1) is 14.7. The lowest BCUT2D eigenvalue weighted by atomic mass is 10.1. The molecule has 0 aromatic heterocycles. The number of anilines is 1. The Labute approximate surface area is 124 Å². The summed E-state index contributed by atoms with van der Waals surface area (Å²) in [7, 11) is 0. The largest absolute Gasteiger partial charge is 0.306 e. The van der Waals surface area contributed by atoms with Crippen LogP contribution in [0.1, 0.15) is 17.3 Å². The van der Waals surface area contributed by atoms with E-state index >= 15 is 0 Å². The van der Waals surface area contributed by atoms with Gasteiger partial charge in [0, 0.05) is 6.54 Å². The van der Waals surface area contributed by atoms with Gasteiger partial charge in [-0.1, -0.05) is 18.2 Å². The van der Waals surface area contributed by atoms with Crippen LogP contribution < -0.4 is 4.90 Å². The van der Waals surface area contributed by atoms with Crippen molar-refractivity contribution >= 4 is 27.5 Å². The number of para-hydroxylation sites is 1. The maximum absolute atomic E-state index is 13.8. The molecule has 20 heavy (non-hydrogen) atoms. The van der Waals surface area contributed by atoms with E-state index in [1.54, 1.807) is 19.1 Å². The van der Waals surface area contributed by atoms with Crippen molar-refractivity contribution in [2.75, 3.05) is 11.4 Å². The lowest BCUT2D eigenvalue weighted by Gasteiger charge is -2.22. The summed E-state index contributed by atoms with van der Waals surface area (Å²) in [6, 6.07) is 10.2. The highest BCUT2D eigenvalue weighted by molar-refractivity contribution is 9.10. The van der Waals surface area contributed by atoms with Crippen molar-refractivity contribution < 1.29 is 13.6 Å². The molecule has 0 bridgehead atoms. The van der Waals surface area contributed by atoms with Crippen molar-refractivity contribution in [1.82, 2.24) is 0 Å². The first-order valence-electron chi connectivity index (χ1n) is 6.06. The molecule has 0 saturated carbocycles. The van der Waals surface area contributed by atoms with Crippen molar-refractivity contribution in [3.05, 3.63) is 64.1 Å². The number of carbonyl (C=O) groups excluding carboxylic acids is 1. The number of amides is 1. The van der Waals surface area contributed by atoms with Gasteiger partial charge >= 0.3 is 0 Å². The smallest absolute Gasteiger partial charge is 0.259 e. The van der Waals surface area contributed by atoms with Gasteiger partial charge in [-0.25, -0.2) is 8.78 Å². The maximum atomic E-state index is 13.8. The second kappa shape index (κ2) is 6.13. The number of halogens is 3. The van der Waals surface area contributed by atoms with E-state index in [9.17, 15) is 13.6 Å². The third-order valence-electron chi connectivity index (χ3n) is 2.89. The third kappa shape index (κ3) is 2.72. The number of benzene rings is 2. The SMILES string of the molecule is CCN(C(=O)c1cccc(F)c1Br)c1ccccc1F. The zero-order valence-electron chi connectivity index (χ0n) is 10.7. The van der Waals surface area contributed by atoms with Crippen molar-refractivity contribution in [3.63, 3.8) is 0 Å². The van der Waals surface area contributed by atoms with E-state index in [4.69, 9.17) is 0 Å². The van der Waals surface area contributed by atoms with Gasteiger partial charge in [-0.2, -0.15) is 0 Å². The molecule has 5 heteroatoms. The summed E-state index contributed by atoms with van der Waals surface area (Å²) in [6.45, 7) is 2.01. The minimum Gasteiger partial charge on any atom is -0.306 e. The van der Waals surface area contributed by atoms with Crippen LogP contribution in [0.5, 0.6) is 0 Å². The van der Waals surface area contributed by atoms with Gasteiger partial charge in [0.15, 0.2) is 0 Å². The van der Waals surface area contributed by atoms with Crippen LogP contribution in [0, 0.1) is 11.6 Å². The highest BCUT2D eigenvalue weighted by atomic mass is 79.9. The zero-order chi connectivity index (χ0) is 14.7. The summed E-state index contributed by atoms with van der Waals surface area (Å²) in [4.78, 5) is 13.7. The molecule has 0 aliphatic carbocycles. The highest BCUT2D eigenvalue weighted by Crippen LogP contribution is 2.25. The second-order valence-electron chi connectivity index (χ2n) is 4.10. The molecule has 0 N–H and O–H groups in total. The first-order valence-corrected chi connectivity index (χ1v) is 6.86. The number of carbonyl (C=O) groups is 1. The third-order valence-corrected chi connectivity index (χ3v) is 3.69. The lowest BCUT2D eigenvalue weighted by Crippen LogP contribution is -2.31. The molecule has 0 aliphatic heterocycles. The summed E-state index contributed by atoms with van der Waals surface area (Å²) in [6.07, 6.45) is 0. The first-order chi connectivity index (χ1) is 9.56. The summed E-state index contributed by atoms with van der Waals surface area (Å²) in [5.74, 6) is -1.47. The predicted octanol–water partition coefficient (Wildman–Crippen LogP) is 4.39. The van der Waals surface area contributed by atoms with Gasteiger partial charge in [-0.15, -0.1) is 0 Å². The van der Waals surface area contributed by atoms with E-state index in [1.807, 2.05) is 0 Å². The predicted molar refractivity (Wildman–Crippen MR) is 77.9 cm³/mol. The molecule has 0 radical (unpaired) electrons. The van der Waals surface area contributed by atoms with Gasteiger partial charge in [-0.05, 0) is 47.1 Å². The summed E-state index contributed by atoms with van der Waals surface area (Å²) >= 11 is 3.05. The lowest BCUT2D eigenvalue weighted by molar-refractivity contribution is 0.0986. The molecule has 2 aromatic rings. The average molecular weight is 340 g/mol. The van der Waals surface area contributed by atoms with Gasteiger partial charge in [0.1, 0.15) is 11.6 Å². The molecule has 0 aliphatic rings. The van der Waals surface area contributed by atoms with Crippen LogP contribution in [0.15, 0.2) is 46.9 Å². The molecule has 0 spiro atoms. The van der Waals surface area contributed by atoms with Crippen LogP contribution in [0.25, 0.3) is 0 Å². The molecular formula is C15H12BrF2NO. The second-order valence-corrected chi connectivity index (χ2v) is 4.90. The summed E-state index contributed by atoms with van der Waals surface area (Å²) in [5.41, 5.74) is 0.339. The molecule has 0 fully saturated rings. The average Bonchev–Trinajstić information content (AvgIpc) is 2.44. The minimum absolute atomic E-state index is 0.0831. The van der Waals surface area contributed by atoms with E-state index in [2.05, 4.69) is 15.9 Å². The molecule has 104 valence electrons. The highest BCUT2D eigenvalue weighted by Gasteiger charge is 2.21. The van der Waals surface area contributed by atoms with Gasteiger partial charge in [-0.3, -0.25) is 4.79 Å². The number of hydrogen-bond donors (Lipinski definition) is 0. The maximum Gasteiger partial charge on any atom is 0.259 e. The molecule has 0 atom stereocenters. The Balaban J connectivity index is 2.45. The van der Waals surface area contributed by atoms with Gasteiger partial charge in [0.25, 0.3) is 5.91 Å². The number of nitrogens with zero attached hydrogens (tertiary/aromatic N) is 1. The van der Waals surface area contributed by atoms with Crippen LogP contribution in [0.4, 0.5) is 14.5 Å². The monoisotopic (exact) mass is 339 g/mol. The molecular weight excluding hydrogens is 328 g/mol. The van der Waals surface area contributed by atoms with Crippen molar-refractivity contribution in [2.45, 2.75) is 6.92 Å². The Morgan fingerprint density at radius 3 is 2.40 bits per heavy atom. The Morgan fingerprint density at radius 1 is 1.10 bits per heavy atom. The van der Waals surface area contributed by atoms with Crippen LogP contribution in [-0.2, 0) is 0 Å². The summed E-state index contributed by atoms with van der Waals surface area (Å²) < 4.78 is 27.4. The topological polar surface area (TPSA) is 20.3 Å². The van der Waals surface area contributed by atoms with E-state index < -0.39 is 17.5 Å². The summed E-state index contributed by atoms with van der Waals surface area (Å²) in [5, 5.41) is 0. The van der Waals surface area contributed by atoms with E-state index in [1.165, 1.54) is 35.2 Å². The fourth-order valence-corrected chi connectivity index (χ4v) is 2.34. The number of hydrogen-bond acceptors (Lipinski definition) is 1. The van der Waals surface area contributed by atoms with Crippen LogP contribution in [0.3, 0.4) is 0 Å². The van der Waals surface area contributed by atoms with Gasteiger partial charge < -0.3 is 4.90 Å². The fourth-order valence-electron chi connectivity index (χ4n) is 1.91. The molecule has 2 rings (SSSR count). The van der Waals surface area contributed by atoms with Crippen molar-refractivity contribution in [3.8, 4) is 0 Å².